The molecule has 2 rings (SSSR count). The van der Waals surface area contributed by atoms with Gasteiger partial charge in [-0.1, -0.05) is 15.9 Å². The Morgan fingerprint density at radius 3 is 3.15 bits per heavy atom. The van der Waals surface area contributed by atoms with E-state index in [0.29, 0.717) is 6.10 Å². The molecule has 0 aromatic heterocycles. The van der Waals surface area contributed by atoms with E-state index < -0.39 is 0 Å². The molecule has 0 aliphatic carbocycles. The lowest BCUT2D eigenvalue weighted by Gasteiger charge is -2.13. The van der Waals surface area contributed by atoms with Gasteiger partial charge in [0, 0.05) is 41.9 Å². The average molecular weight is 360 g/mol. The van der Waals surface area contributed by atoms with Gasteiger partial charge in [-0.15, -0.1) is 11.8 Å². The average Bonchev–Trinajstić information content (AvgIpc) is 2.96. The van der Waals surface area contributed by atoms with E-state index in [2.05, 4.69) is 39.4 Å². The number of hydrogen-bond acceptors (Lipinski definition) is 4. The molecule has 5 heteroatoms. The van der Waals surface area contributed by atoms with Gasteiger partial charge in [0.15, 0.2) is 0 Å². The standard InChI is InChI=1S/C15H22BrNO2S/c1-18-8-6-17-10-12-9-13(16)4-5-15(12)20-11-14-3-2-7-19-14/h4-5,9,14,17H,2-3,6-8,10-11H2,1H3. The first-order chi connectivity index (χ1) is 9.79. The van der Waals surface area contributed by atoms with Crippen molar-refractivity contribution in [2.24, 2.45) is 0 Å². The second-order valence-corrected chi connectivity index (χ2v) is 6.85. The van der Waals surface area contributed by atoms with Crippen LogP contribution in [0.25, 0.3) is 0 Å². The van der Waals surface area contributed by atoms with Crippen molar-refractivity contribution in [3.8, 4) is 0 Å². The highest BCUT2D eigenvalue weighted by Crippen LogP contribution is 2.28. The molecule has 0 amide bonds. The minimum atomic E-state index is 0.429. The highest BCUT2D eigenvalue weighted by atomic mass is 79.9. The van der Waals surface area contributed by atoms with Crippen LogP contribution in [0.5, 0.6) is 0 Å². The van der Waals surface area contributed by atoms with Crippen LogP contribution >= 0.6 is 27.7 Å². The number of rotatable bonds is 8. The number of thioether (sulfide) groups is 1. The maximum Gasteiger partial charge on any atom is 0.0669 e. The third-order valence-electron chi connectivity index (χ3n) is 3.27. The second kappa shape index (κ2) is 9.05. The number of nitrogens with one attached hydrogen (secondary N) is 1. The van der Waals surface area contributed by atoms with Gasteiger partial charge in [-0.3, -0.25) is 0 Å². The highest BCUT2D eigenvalue weighted by Gasteiger charge is 2.16. The van der Waals surface area contributed by atoms with E-state index in [1.54, 1.807) is 7.11 Å². The molecular formula is C15H22BrNO2S. The molecule has 1 heterocycles. The van der Waals surface area contributed by atoms with E-state index in [1.165, 1.54) is 23.3 Å². The minimum Gasteiger partial charge on any atom is -0.383 e. The Balaban J connectivity index is 1.88. The predicted molar refractivity (Wildman–Crippen MR) is 87.4 cm³/mol. The van der Waals surface area contributed by atoms with E-state index in [4.69, 9.17) is 9.47 Å². The zero-order valence-electron chi connectivity index (χ0n) is 11.9. The molecular weight excluding hydrogens is 338 g/mol. The maximum atomic E-state index is 5.69. The molecule has 1 aliphatic heterocycles. The Kier molecular flexibility index (Phi) is 7.38. The van der Waals surface area contributed by atoms with Crippen LogP contribution in [-0.4, -0.2) is 38.7 Å². The van der Waals surface area contributed by atoms with Gasteiger partial charge in [-0.25, -0.2) is 0 Å². The lowest BCUT2D eigenvalue weighted by atomic mass is 10.2. The molecule has 1 unspecified atom stereocenters. The molecule has 0 radical (unpaired) electrons. The van der Waals surface area contributed by atoms with Gasteiger partial charge in [0.2, 0.25) is 0 Å². The van der Waals surface area contributed by atoms with Crippen molar-refractivity contribution in [3.05, 3.63) is 28.2 Å². The smallest absolute Gasteiger partial charge is 0.0669 e. The SMILES string of the molecule is COCCNCc1cc(Br)ccc1SCC1CCCO1. The Hall–Kier alpha value is -0.0700. The lowest BCUT2D eigenvalue weighted by molar-refractivity contribution is 0.129. The largest absolute Gasteiger partial charge is 0.383 e. The van der Waals surface area contributed by atoms with Gasteiger partial charge in [-0.2, -0.15) is 0 Å². The molecule has 1 N–H and O–H groups in total. The van der Waals surface area contributed by atoms with Crippen molar-refractivity contribution in [2.75, 3.05) is 32.6 Å². The topological polar surface area (TPSA) is 30.5 Å². The number of methoxy groups -OCH3 is 1. The molecule has 1 fully saturated rings. The molecule has 1 aromatic rings. The van der Waals surface area contributed by atoms with Crippen LogP contribution in [0.1, 0.15) is 18.4 Å². The lowest BCUT2D eigenvalue weighted by Crippen LogP contribution is -2.19. The first-order valence-electron chi connectivity index (χ1n) is 7.02. The fourth-order valence-corrected chi connectivity index (χ4v) is 3.70. The normalized spacial score (nSPS) is 18.6. The van der Waals surface area contributed by atoms with Crippen molar-refractivity contribution in [1.29, 1.82) is 0 Å². The quantitative estimate of drug-likeness (QED) is 0.568. The van der Waals surface area contributed by atoms with Crippen LogP contribution in [-0.2, 0) is 16.0 Å². The van der Waals surface area contributed by atoms with E-state index in [1.807, 2.05) is 11.8 Å². The summed E-state index contributed by atoms with van der Waals surface area (Å²) in [5, 5.41) is 3.41. The van der Waals surface area contributed by atoms with Crippen LogP contribution in [0.15, 0.2) is 27.6 Å². The van der Waals surface area contributed by atoms with Crippen molar-refractivity contribution < 1.29 is 9.47 Å². The number of ether oxygens (including phenoxy) is 2. The zero-order chi connectivity index (χ0) is 14.2. The zero-order valence-corrected chi connectivity index (χ0v) is 14.3. The van der Waals surface area contributed by atoms with E-state index in [-0.39, 0.29) is 0 Å². The monoisotopic (exact) mass is 359 g/mol. The van der Waals surface area contributed by atoms with Crippen molar-refractivity contribution in [3.63, 3.8) is 0 Å². The summed E-state index contributed by atoms with van der Waals surface area (Å²) >= 11 is 5.45. The summed E-state index contributed by atoms with van der Waals surface area (Å²) in [4.78, 5) is 1.34. The fraction of sp³-hybridized carbons (Fsp3) is 0.600. The molecule has 112 valence electrons. The van der Waals surface area contributed by atoms with E-state index in [9.17, 15) is 0 Å². The van der Waals surface area contributed by atoms with Crippen molar-refractivity contribution in [2.45, 2.75) is 30.4 Å². The van der Waals surface area contributed by atoms with Gasteiger partial charge < -0.3 is 14.8 Å². The third kappa shape index (κ3) is 5.37. The van der Waals surface area contributed by atoms with E-state index >= 15 is 0 Å². The van der Waals surface area contributed by atoms with Crippen LogP contribution in [0.3, 0.4) is 0 Å². The molecule has 3 nitrogen and oxygen atoms in total. The molecule has 1 aliphatic rings. The molecule has 0 saturated carbocycles. The molecule has 20 heavy (non-hydrogen) atoms. The Bertz CT molecular complexity index is 411. The van der Waals surface area contributed by atoms with Gasteiger partial charge in [0.05, 0.1) is 12.7 Å². The summed E-state index contributed by atoms with van der Waals surface area (Å²) in [5.74, 6) is 1.05. The molecule has 0 spiro atoms. The first kappa shape index (κ1) is 16.3. The molecule has 1 atom stereocenters. The summed E-state index contributed by atoms with van der Waals surface area (Å²) in [5.41, 5.74) is 1.33. The summed E-state index contributed by atoms with van der Waals surface area (Å²) in [6.07, 6.45) is 2.83. The molecule has 0 bridgehead atoms. The predicted octanol–water partition coefficient (Wildman–Crippen LogP) is 3.46. The fourth-order valence-electron chi connectivity index (χ4n) is 2.18. The Morgan fingerprint density at radius 2 is 2.40 bits per heavy atom. The van der Waals surface area contributed by atoms with Gasteiger partial charge in [0.25, 0.3) is 0 Å². The van der Waals surface area contributed by atoms with Crippen LogP contribution in [0, 0.1) is 0 Å². The summed E-state index contributed by atoms with van der Waals surface area (Å²) in [6.45, 7) is 3.42. The van der Waals surface area contributed by atoms with Gasteiger partial charge in [0.1, 0.15) is 0 Å². The second-order valence-electron chi connectivity index (χ2n) is 4.87. The first-order valence-corrected chi connectivity index (χ1v) is 8.80. The van der Waals surface area contributed by atoms with Crippen LogP contribution in [0.2, 0.25) is 0 Å². The Morgan fingerprint density at radius 1 is 1.50 bits per heavy atom. The number of halogens is 1. The van der Waals surface area contributed by atoms with E-state index in [0.717, 1.165) is 36.5 Å². The minimum absolute atomic E-state index is 0.429. The molecule has 1 aromatic carbocycles. The van der Waals surface area contributed by atoms with Gasteiger partial charge >= 0.3 is 0 Å². The van der Waals surface area contributed by atoms with Gasteiger partial charge in [-0.05, 0) is 36.6 Å². The molecule has 1 saturated heterocycles. The summed E-state index contributed by atoms with van der Waals surface area (Å²) < 4.78 is 11.9. The van der Waals surface area contributed by atoms with Crippen molar-refractivity contribution >= 4 is 27.7 Å². The maximum absolute atomic E-state index is 5.69. The van der Waals surface area contributed by atoms with Crippen molar-refractivity contribution in [1.82, 2.24) is 5.32 Å². The highest BCUT2D eigenvalue weighted by molar-refractivity contribution is 9.10. The number of benzene rings is 1. The van der Waals surface area contributed by atoms with Crippen LogP contribution < -0.4 is 5.32 Å². The summed E-state index contributed by atoms with van der Waals surface area (Å²) in [6, 6.07) is 6.49. The number of hydrogen-bond donors (Lipinski definition) is 1. The summed E-state index contributed by atoms with van der Waals surface area (Å²) in [7, 11) is 1.73. The third-order valence-corrected chi connectivity index (χ3v) is 5.01. The Labute approximate surface area is 133 Å². The van der Waals surface area contributed by atoms with Crippen LogP contribution in [0.4, 0.5) is 0 Å².